The molecule has 1 aliphatic rings. The summed E-state index contributed by atoms with van der Waals surface area (Å²) in [6.07, 6.45) is 0. The third-order valence-electron chi connectivity index (χ3n) is 4.03. The van der Waals surface area contributed by atoms with Gasteiger partial charge in [0, 0.05) is 5.70 Å². The molecule has 0 amide bonds. The number of ether oxygens (including phenoxy) is 1. The number of rotatable bonds is 4. The first-order chi connectivity index (χ1) is 12.8. The van der Waals surface area contributed by atoms with Crippen molar-refractivity contribution >= 4 is 34.5 Å². The lowest BCUT2D eigenvalue weighted by atomic mass is 10.0. The van der Waals surface area contributed by atoms with E-state index in [1.165, 1.54) is 28.0 Å². The van der Waals surface area contributed by atoms with Crippen molar-refractivity contribution < 1.29 is 18.9 Å². The van der Waals surface area contributed by atoms with Gasteiger partial charge in [0.1, 0.15) is 16.7 Å². The van der Waals surface area contributed by atoms with Crippen LogP contribution in [0.4, 0.5) is 5.88 Å². The predicted octanol–water partition coefficient (Wildman–Crippen LogP) is 1.77. The number of thiazole rings is 1. The van der Waals surface area contributed by atoms with E-state index in [9.17, 15) is 19.7 Å². The molecule has 0 saturated carbocycles. The summed E-state index contributed by atoms with van der Waals surface area (Å²) in [7, 11) is 0. The van der Waals surface area contributed by atoms with Crippen LogP contribution in [0.25, 0.3) is 11.3 Å². The first-order valence-electron chi connectivity index (χ1n) is 8.15. The number of nitrogens with zero attached hydrogens (tertiary/aromatic N) is 3. The SMILES string of the molecule is CCOC(=O)C1=C(C)n2c(sc(=C(C)C)c2=O)=NC1c1ccc([N+](=O)[O-])o1. The Morgan fingerprint density at radius 2 is 2.15 bits per heavy atom. The van der Waals surface area contributed by atoms with Gasteiger partial charge in [0.05, 0.1) is 22.8 Å². The van der Waals surface area contributed by atoms with E-state index in [1.807, 2.05) is 13.8 Å². The molecule has 3 heterocycles. The molecule has 0 fully saturated rings. The molecule has 0 radical (unpaired) electrons. The van der Waals surface area contributed by atoms with E-state index in [2.05, 4.69) is 4.99 Å². The van der Waals surface area contributed by atoms with Crippen molar-refractivity contribution in [2.24, 2.45) is 4.99 Å². The Labute approximate surface area is 157 Å². The van der Waals surface area contributed by atoms with Crippen LogP contribution < -0.4 is 14.9 Å². The van der Waals surface area contributed by atoms with Gasteiger partial charge >= 0.3 is 11.9 Å². The third-order valence-corrected chi connectivity index (χ3v) is 5.29. The molecule has 142 valence electrons. The van der Waals surface area contributed by atoms with Gasteiger partial charge in [-0.05, 0) is 33.8 Å². The monoisotopic (exact) mass is 391 g/mol. The molecule has 3 rings (SSSR count). The van der Waals surface area contributed by atoms with Crippen LogP contribution in [-0.2, 0) is 9.53 Å². The minimum atomic E-state index is -0.930. The van der Waals surface area contributed by atoms with Gasteiger partial charge in [0.15, 0.2) is 4.80 Å². The first kappa shape index (κ1) is 18.8. The molecule has 0 bridgehead atoms. The average molecular weight is 391 g/mol. The van der Waals surface area contributed by atoms with E-state index in [0.29, 0.717) is 15.0 Å². The summed E-state index contributed by atoms with van der Waals surface area (Å²) >= 11 is 1.20. The standard InChI is InChI=1S/C17H17N3O6S/c1-5-25-16(22)12-9(4)19-15(21)14(8(2)3)27-17(19)18-13(12)10-6-7-11(26-10)20(23)24/h6-7,13H,5H2,1-4H3. The summed E-state index contributed by atoms with van der Waals surface area (Å²) in [5.41, 5.74) is 1.06. The van der Waals surface area contributed by atoms with Gasteiger partial charge < -0.3 is 9.15 Å². The number of hydrogen-bond donors (Lipinski definition) is 0. The van der Waals surface area contributed by atoms with Crippen LogP contribution in [-0.4, -0.2) is 22.1 Å². The third kappa shape index (κ3) is 3.12. The molecule has 0 aliphatic carbocycles. The van der Waals surface area contributed by atoms with E-state index < -0.39 is 22.8 Å². The van der Waals surface area contributed by atoms with Gasteiger partial charge in [-0.3, -0.25) is 19.5 Å². The zero-order valence-corrected chi connectivity index (χ0v) is 16.0. The molecule has 10 heteroatoms. The van der Waals surface area contributed by atoms with Gasteiger partial charge in [-0.2, -0.15) is 0 Å². The van der Waals surface area contributed by atoms with Crippen molar-refractivity contribution in [2.75, 3.05) is 6.61 Å². The number of carbonyl (C=O) groups is 1. The van der Waals surface area contributed by atoms with E-state index in [4.69, 9.17) is 9.15 Å². The van der Waals surface area contributed by atoms with Crippen LogP contribution in [0.3, 0.4) is 0 Å². The second-order valence-electron chi connectivity index (χ2n) is 6.04. The Morgan fingerprint density at radius 1 is 1.44 bits per heavy atom. The largest absolute Gasteiger partial charge is 0.463 e. The van der Waals surface area contributed by atoms with Crippen molar-refractivity contribution in [1.82, 2.24) is 4.57 Å². The van der Waals surface area contributed by atoms with Crippen molar-refractivity contribution in [3.63, 3.8) is 0 Å². The van der Waals surface area contributed by atoms with Crippen LogP contribution in [0, 0.1) is 10.1 Å². The molecule has 0 N–H and O–H groups in total. The number of allylic oxidation sites excluding steroid dienone is 1. The van der Waals surface area contributed by atoms with E-state index in [1.54, 1.807) is 13.8 Å². The second-order valence-corrected chi connectivity index (χ2v) is 7.02. The molecule has 27 heavy (non-hydrogen) atoms. The summed E-state index contributed by atoms with van der Waals surface area (Å²) in [5.74, 6) is -0.964. The average Bonchev–Trinajstić information content (AvgIpc) is 3.20. The highest BCUT2D eigenvalue weighted by atomic mass is 32.1. The molecule has 1 atom stereocenters. The molecular weight excluding hydrogens is 374 g/mol. The molecule has 2 aromatic rings. The Morgan fingerprint density at radius 3 is 2.70 bits per heavy atom. The van der Waals surface area contributed by atoms with Crippen LogP contribution >= 0.6 is 11.3 Å². The van der Waals surface area contributed by atoms with Crippen LogP contribution in [0.1, 0.15) is 39.5 Å². The molecule has 1 aliphatic heterocycles. The van der Waals surface area contributed by atoms with Gasteiger partial charge in [0.2, 0.25) is 0 Å². The molecule has 9 nitrogen and oxygen atoms in total. The number of aromatic nitrogens is 1. The van der Waals surface area contributed by atoms with Gasteiger partial charge in [-0.25, -0.2) is 9.79 Å². The van der Waals surface area contributed by atoms with Crippen molar-refractivity contribution in [1.29, 1.82) is 0 Å². The quantitative estimate of drug-likeness (QED) is 0.445. The molecule has 0 aromatic carbocycles. The Balaban J connectivity index is 2.31. The molecule has 2 aromatic heterocycles. The lowest BCUT2D eigenvalue weighted by molar-refractivity contribution is -0.402. The highest BCUT2D eigenvalue weighted by Gasteiger charge is 2.34. The number of esters is 1. The Kier molecular flexibility index (Phi) is 4.83. The molecule has 1 unspecified atom stereocenters. The normalized spacial score (nSPS) is 15.9. The smallest absolute Gasteiger partial charge is 0.433 e. The maximum Gasteiger partial charge on any atom is 0.433 e. The van der Waals surface area contributed by atoms with E-state index in [-0.39, 0.29) is 23.5 Å². The summed E-state index contributed by atoms with van der Waals surface area (Å²) in [5, 5.41) is 10.9. The number of fused-ring (bicyclic) bond motifs is 1. The minimum absolute atomic E-state index is 0.119. The van der Waals surface area contributed by atoms with Crippen molar-refractivity contribution in [3.05, 3.63) is 53.3 Å². The zero-order chi connectivity index (χ0) is 19.9. The second kappa shape index (κ2) is 6.95. The fourth-order valence-electron chi connectivity index (χ4n) is 2.82. The zero-order valence-electron chi connectivity index (χ0n) is 15.1. The lowest BCUT2D eigenvalue weighted by Gasteiger charge is -2.20. The van der Waals surface area contributed by atoms with Gasteiger partial charge in [0.25, 0.3) is 5.56 Å². The summed E-state index contributed by atoms with van der Waals surface area (Å²) in [4.78, 5) is 40.4. The highest BCUT2D eigenvalue weighted by Crippen LogP contribution is 2.34. The van der Waals surface area contributed by atoms with Gasteiger partial charge in [-0.15, -0.1) is 0 Å². The topological polar surface area (TPSA) is 117 Å². The number of carbonyl (C=O) groups excluding carboxylic acids is 1. The molecule has 0 saturated heterocycles. The van der Waals surface area contributed by atoms with Crippen LogP contribution in [0.15, 0.2) is 31.9 Å². The Hall–Kier alpha value is -3.01. The number of hydrogen-bond acceptors (Lipinski definition) is 8. The maximum absolute atomic E-state index is 12.7. The fraction of sp³-hybridized carbons (Fsp3) is 0.353. The fourth-order valence-corrected chi connectivity index (χ4v) is 3.85. The highest BCUT2D eigenvalue weighted by molar-refractivity contribution is 7.07. The summed E-state index contributed by atoms with van der Waals surface area (Å²) in [6, 6.07) is 1.67. The predicted molar refractivity (Wildman–Crippen MR) is 97.7 cm³/mol. The number of nitro groups is 1. The van der Waals surface area contributed by atoms with Crippen LogP contribution in [0.2, 0.25) is 0 Å². The Bertz CT molecular complexity index is 1150. The van der Waals surface area contributed by atoms with Gasteiger partial charge in [-0.1, -0.05) is 16.9 Å². The maximum atomic E-state index is 12.7. The first-order valence-corrected chi connectivity index (χ1v) is 8.97. The summed E-state index contributed by atoms with van der Waals surface area (Å²) < 4.78 is 12.3. The minimum Gasteiger partial charge on any atom is -0.463 e. The molecule has 0 spiro atoms. The van der Waals surface area contributed by atoms with Crippen molar-refractivity contribution in [3.8, 4) is 0 Å². The van der Waals surface area contributed by atoms with Crippen molar-refractivity contribution in [2.45, 2.75) is 33.7 Å². The number of furan rings is 1. The van der Waals surface area contributed by atoms with Crippen LogP contribution in [0.5, 0.6) is 0 Å². The van der Waals surface area contributed by atoms with E-state index >= 15 is 0 Å². The lowest BCUT2D eigenvalue weighted by Crippen LogP contribution is -2.35. The summed E-state index contributed by atoms with van der Waals surface area (Å²) in [6.45, 7) is 7.06. The van der Waals surface area contributed by atoms with E-state index in [0.717, 1.165) is 5.57 Å². The molecular formula is C17H17N3O6S.